The van der Waals surface area contributed by atoms with Gasteiger partial charge in [0.05, 0.1) is 10.8 Å². The van der Waals surface area contributed by atoms with Gasteiger partial charge in [-0.25, -0.2) is 0 Å². The highest BCUT2D eigenvalue weighted by molar-refractivity contribution is 5.88. The topological polar surface area (TPSA) is 3.24 Å². The molecule has 0 N–H and O–H groups in total. The van der Waals surface area contributed by atoms with E-state index in [0.29, 0.717) is 5.92 Å². The number of rotatable bonds is 8. The fourth-order valence-corrected chi connectivity index (χ4v) is 14.7. The molecule has 0 aliphatic heterocycles. The Morgan fingerprint density at radius 2 is 0.652 bits per heavy atom. The predicted molar refractivity (Wildman–Crippen MR) is 271 cm³/mol. The average Bonchev–Trinajstić information content (AvgIpc) is 4.05. The third-order valence-electron chi connectivity index (χ3n) is 17.0. The quantitative estimate of drug-likeness (QED) is 0.147. The first-order valence-corrected chi connectivity index (χ1v) is 24.3. The minimum atomic E-state index is -0.444. The summed E-state index contributed by atoms with van der Waals surface area (Å²) in [5, 5.41) is 0. The van der Waals surface area contributed by atoms with Gasteiger partial charge in [0.1, 0.15) is 0 Å². The van der Waals surface area contributed by atoms with Crippen LogP contribution in [0.1, 0.15) is 81.7 Å². The van der Waals surface area contributed by atoms with Gasteiger partial charge in [-0.15, -0.1) is 0 Å². The van der Waals surface area contributed by atoms with Gasteiger partial charge in [-0.1, -0.05) is 194 Å². The minimum Gasteiger partial charge on any atom is -0.311 e. The number of fused-ring (bicyclic) bond motifs is 6. The molecule has 316 valence electrons. The lowest BCUT2D eigenvalue weighted by molar-refractivity contribution is 0.249. The van der Waals surface area contributed by atoms with Gasteiger partial charge in [0.15, 0.2) is 0 Å². The molecule has 5 unspecified atom stereocenters. The van der Waals surface area contributed by atoms with E-state index >= 15 is 0 Å². The van der Waals surface area contributed by atoms with Crippen LogP contribution in [0, 0.1) is 23.7 Å². The standard InChI is InChI=1S/C65H51N/c1-3-15-47(16-4-1)64(59-23-11-7-19-54(59)55-20-8-12-24-60(55)64)49-29-35-52(36-30-49)66(51-33-27-44(28-34-51)63-46-40-43-39-45(42-46)58(63)41-43)53-37-31-50(32-38-53)65(48-17-5-2-6-18-48)61-25-13-9-21-56(61)57-22-10-14-26-62(57)65/h1-38,43,45-46,58,63H,39-42H2. The van der Waals surface area contributed by atoms with Crippen molar-refractivity contribution < 1.29 is 0 Å². The Balaban J connectivity index is 0.920. The predicted octanol–water partition coefficient (Wildman–Crippen LogP) is 16.0. The molecule has 6 aliphatic rings. The van der Waals surface area contributed by atoms with Crippen molar-refractivity contribution in [2.24, 2.45) is 23.7 Å². The molecule has 1 heteroatoms. The highest BCUT2D eigenvalue weighted by atomic mass is 15.1. The lowest BCUT2D eigenvalue weighted by atomic mass is 9.67. The van der Waals surface area contributed by atoms with Crippen LogP contribution in [0.2, 0.25) is 0 Å². The summed E-state index contributed by atoms with van der Waals surface area (Å²) in [5.41, 5.74) is 19.9. The van der Waals surface area contributed by atoms with Crippen LogP contribution in [-0.4, -0.2) is 0 Å². The molecule has 1 nitrogen and oxygen atoms in total. The summed E-state index contributed by atoms with van der Waals surface area (Å²) in [7, 11) is 0. The number of anilines is 3. The highest BCUT2D eigenvalue weighted by Gasteiger charge is 2.54. The molecule has 0 aromatic heterocycles. The van der Waals surface area contributed by atoms with Crippen molar-refractivity contribution >= 4 is 17.1 Å². The van der Waals surface area contributed by atoms with Gasteiger partial charge in [0.25, 0.3) is 0 Å². The minimum absolute atomic E-state index is 0.444. The van der Waals surface area contributed by atoms with E-state index < -0.39 is 10.8 Å². The molecular weight excluding hydrogens is 795 g/mol. The van der Waals surface area contributed by atoms with Crippen LogP contribution in [-0.2, 0) is 10.8 Å². The number of hydrogen-bond donors (Lipinski definition) is 0. The van der Waals surface area contributed by atoms with E-state index in [9.17, 15) is 0 Å². The Kier molecular flexibility index (Phi) is 8.45. The van der Waals surface area contributed by atoms with Gasteiger partial charge in [-0.2, -0.15) is 0 Å². The molecule has 9 aromatic rings. The van der Waals surface area contributed by atoms with Crippen molar-refractivity contribution in [1.29, 1.82) is 0 Å². The first-order chi connectivity index (χ1) is 32.7. The fourth-order valence-electron chi connectivity index (χ4n) is 14.7. The van der Waals surface area contributed by atoms with Crippen LogP contribution in [0.15, 0.2) is 231 Å². The van der Waals surface area contributed by atoms with Gasteiger partial charge in [0.2, 0.25) is 0 Å². The summed E-state index contributed by atoms with van der Waals surface area (Å²) in [5.74, 6) is 4.38. The van der Waals surface area contributed by atoms with Crippen molar-refractivity contribution in [2.45, 2.75) is 42.4 Å². The third-order valence-corrected chi connectivity index (χ3v) is 17.0. The Morgan fingerprint density at radius 3 is 1.06 bits per heavy atom. The molecule has 4 fully saturated rings. The van der Waals surface area contributed by atoms with Crippen molar-refractivity contribution in [3.05, 3.63) is 281 Å². The van der Waals surface area contributed by atoms with E-state index in [4.69, 9.17) is 0 Å². The zero-order valence-corrected chi connectivity index (χ0v) is 37.1. The molecule has 0 radical (unpaired) electrons. The number of benzene rings is 9. The molecule has 6 aliphatic carbocycles. The second-order valence-electron chi connectivity index (χ2n) is 20.0. The van der Waals surface area contributed by atoms with E-state index in [1.165, 1.54) is 98.1 Å². The first-order valence-electron chi connectivity index (χ1n) is 24.3. The van der Waals surface area contributed by atoms with E-state index in [-0.39, 0.29) is 0 Å². The molecule has 0 amide bonds. The second-order valence-corrected chi connectivity index (χ2v) is 20.0. The number of hydrogen-bond acceptors (Lipinski definition) is 1. The summed E-state index contributed by atoms with van der Waals surface area (Å²) in [6, 6.07) is 87.3. The summed E-state index contributed by atoms with van der Waals surface area (Å²) >= 11 is 0. The van der Waals surface area contributed by atoms with Gasteiger partial charge in [0, 0.05) is 17.1 Å². The summed E-state index contributed by atoms with van der Waals surface area (Å²) < 4.78 is 0. The average molecular weight is 846 g/mol. The zero-order valence-electron chi connectivity index (χ0n) is 37.1. The summed E-state index contributed by atoms with van der Waals surface area (Å²) in [4.78, 5) is 2.49. The smallest absolute Gasteiger partial charge is 0.0713 e. The van der Waals surface area contributed by atoms with Gasteiger partial charge in [-0.3, -0.25) is 0 Å². The monoisotopic (exact) mass is 845 g/mol. The maximum atomic E-state index is 2.49. The van der Waals surface area contributed by atoms with Gasteiger partial charge >= 0.3 is 0 Å². The summed E-state index contributed by atoms with van der Waals surface area (Å²) in [6.07, 6.45) is 5.79. The van der Waals surface area contributed by atoms with E-state index in [1.54, 1.807) is 5.56 Å². The maximum absolute atomic E-state index is 2.49. The number of nitrogens with zero attached hydrogens (tertiary/aromatic N) is 1. The maximum Gasteiger partial charge on any atom is 0.0713 e. The van der Waals surface area contributed by atoms with E-state index in [2.05, 4.69) is 235 Å². The van der Waals surface area contributed by atoms with Crippen LogP contribution >= 0.6 is 0 Å². The summed E-state index contributed by atoms with van der Waals surface area (Å²) in [6.45, 7) is 0. The molecule has 9 aromatic carbocycles. The normalized spacial score (nSPS) is 21.8. The van der Waals surface area contributed by atoms with Crippen molar-refractivity contribution in [1.82, 2.24) is 0 Å². The largest absolute Gasteiger partial charge is 0.311 e. The molecular formula is C65H51N. The highest BCUT2D eigenvalue weighted by Crippen LogP contribution is 2.64. The zero-order chi connectivity index (χ0) is 43.4. The van der Waals surface area contributed by atoms with Crippen molar-refractivity contribution in [2.75, 3.05) is 4.90 Å². The molecule has 0 spiro atoms. The molecule has 0 heterocycles. The first kappa shape index (κ1) is 38.1. The fraction of sp³-hybridized carbons (Fsp3) is 0.169. The molecule has 66 heavy (non-hydrogen) atoms. The van der Waals surface area contributed by atoms with Crippen molar-refractivity contribution in [3.63, 3.8) is 0 Å². The molecule has 5 atom stereocenters. The second kappa shape index (κ2) is 14.6. The van der Waals surface area contributed by atoms with Crippen LogP contribution in [0.3, 0.4) is 0 Å². The van der Waals surface area contributed by atoms with Crippen LogP contribution in [0.4, 0.5) is 17.1 Å². The van der Waals surface area contributed by atoms with Crippen LogP contribution in [0.5, 0.6) is 0 Å². The van der Waals surface area contributed by atoms with E-state index in [1.807, 2.05) is 0 Å². The Labute approximate surface area is 389 Å². The van der Waals surface area contributed by atoms with Crippen LogP contribution in [0.25, 0.3) is 22.3 Å². The molecule has 15 rings (SSSR count). The lowest BCUT2D eigenvalue weighted by Crippen LogP contribution is -2.28. The lowest BCUT2D eigenvalue weighted by Gasteiger charge is -2.35. The van der Waals surface area contributed by atoms with Gasteiger partial charge < -0.3 is 4.90 Å². The SMILES string of the molecule is c1ccc(C2(c3ccc(N(c4ccc(C5C6CC7CC(C6)C5C7)cc4)c4ccc(C5(c6ccccc6)c6ccccc6-c6ccccc65)cc4)cc3)c3ccccc3-c3ccccc32)cc1. The molecule has 0 saturated heterocycles. The van der Waals surface area contributed by atoms with Crippen LogP contribution < -0.4 is 4.90 Å². The van der Waals surface area contributed by atoms with E-state index in [0.717, 1.165) is 35.0 Å². The van der Waals surface area contributed by atoms with Crippen molar-refractivity contribution in [3.8, 4) is 22.3 Å². The Hall–Kier alpha value is -7.22. The third kappa shape index (κ3) is 5.29. The molecule has 4 saturated carbocycles. The Bertz CT molecular complexity index is 3000. The molecule has 4 bridgehead atoms. The Morgan fingerprint density at radius 1 is 0.303 bits per heavy atom. The van der Waals surface area contributed by atoms with Gasteiger partial charge in [-0.05, 0) is 164 Å².